The molecule has 0 aliphatic heterocycles. The molecule has 0 saturated carbocycles. The van der Waals surface area contributed by atoms with Crippen LogP contribution in [0.4, 0.5) is 17.1 Å². The van der Waals surface area contributed by atoms with Crippen LogP contribution in [0.1, 0.15) is 0 Å². The number of aromatic nitrogens is 1. The van der Waals surface area contributed by atoms with Gasteiger partial charge in [-0.25, -0.2) is 0 Å². The predicted molar refractivity (Wildman–Crippen MR) is 193 cm³/mol. The topological polar surface area (TPSA) is 8.17 Å². The molecule has 0 N–H and O–H groups in total. The molecule has 7 aromatic carbocycles. The summed E-state index contributed by atoms with van der Waals surface area (Å²) in [4.78, 5) is 2.38. The van der Waals surface area contributed by atoms with Gasteiger partial charge in [-0.1, -0.05) is 127 Å². The van der Waals surface area contributed by atoms with Crippen molar-refractivity contribution in [3.63, 3.8) is 0 Å². The first-order valence-electron chi connectivity index (χ1n) is 15.8. The molecular weight excluding hydrogens is 556 g/mol. The molecule has 2 heteroatoms. The first kappa shape index (κ1) is 26.3. The minimum Gasteiger partial charge on any atom is -0.316 e. The lowest BCUT2D eigenvalue weighted by Gasteiger charge is -2.27. The number of benzene rings is 7. The van der Waals surface area contributed by atoms with E-state index in [9.17, 15) is 0 Å². The van der Waals surface area contributed by atoms with Gasteiger partial charge in [-0.3, -0.25) is 0 Å². The fraction of sp³-hybridized carbons (Fsp3) is 0. The third-order valence-corrected chi connectivity index (χ3v) is 9.15. The number of para-hydroxylation sites is 2. The molecule has 0 bridgehead atoms. The summed E-state index contributed by atoms with van der Waals surface area (Å²) in [5, 5.41) is 1.28. The molecule has 0 amide bonds. The van der Waals surface area contributed by atoms with Crippen LogP contribution in [0.5, 0.6) is 0 Å². The van der Waals surface area contributed by atoms with Crippen molar-refractivity contribution in [1.82, 2.24) is 4.57 Å². The van der Waals surface area contributed by atoms with Crippen molar-refractivity contribution in [2.24, 2.45) is 0 Å². The van der Waals surface area contributed by atoms with Crippen molar-refractivity contribution in [2.45, 2.75) is 0 Å². The molecule has 0 unspecified atom stereocenters. The lowest BCUT2D eigenvalue weighted by Crippen LogP contribution is -2.10. The summed E-state index contributed by atoms with van der Waals surface area (Å²) in [7, 11) is 0. The van der Waals surface area contributed by atoms with E-state index in [-0.39, 0.29) is 0 Å². The Hall–Kier alpha value is -6.12. The van der Waals surface area contributed by atoms with E-state index in [0.717, 1.165) is 22.7 Å². The highest BCUT2D eigenvalue weighted by Gasteiger charge is 2.26. The van der Waals surface area contributed by atoms with E-state index < -0.39 is 0 Å². The van der Waals surface area contributed by atoms with E-state index in [1.807, 2.05) is 0 Å². The Morgan fingerprint density at radius 1 is 0.348 bits per heavy atom. The van der Waals surface area contributed by atoms with Gasteiger partial charge in [-0.15, -0.1) is 0 Å². The van der Waals surface area contributed by atoms with Crippen LogP contribution in [0.25, 0.3) is 61.1 Å². The summed E-state index contributed by atoms with van der Waals surface area (Å²) in [6, 6.07) is 63.4. The molecule has 1 aromatic heterocycles. The van der Waals surface area contributed by atoms with Crippen molar-refractivity contribution in [2.75, 3.05) is 4.90 Å². The van der Waals surface area contributed by atoms with Crippen LogP contribution in [0.3, 0.4) is 0 Å². The smallest absolute Gasteiger partial charge is 0.0562 e. The number of hydrogen-bond acceptors (Lipinski definition) is 1. The van der Waals surface area contributed by atoms with Crippen molar-refractivity contribution in [1.29, 1.82) is 0 Å². The third kappa shape index (κ3) is 4.27. The average molecular weight is 587 g/mol. The highest BCUT2D eigenvalue weighted by Crippen LogP contribution is 2.51. The first-order valence-corrected chi connectivity index (χ1v) is 15.8. The molecule has 1 aliphatic carbocycles. The normalized spacial score (nSPS) is 11.5. The van der Waals surface area contributed by atoms with Gasteiger partial charge in [0.2, 0.25) is 0 Å². The predicted octanol–water partition coefficient (Wildman–Crippen LogP) is 12.1. The maximum Gasteiger partial charge on any atom is 0.0562 e. The van der Waals surface area contributed by atoms with Gasteiger partial charge in [0, 0.05) is 39.9 Å². The minimum atomic E-state index is 1.11. The van der Waals surface area contributed by atoms with Crippen LogP contribution in [-0.4, -0.2) is 4.57 Å². The molecule has 46 heavy (non-hydrogen) atoms. The van der Waals surface area contributed by atoms with Crippen molar-refractivity contribution in [3.05, 3.63) is 182 Å². The Bertz CT molecular complexity index is 2330. The minimum absolute atomic E-state index is 1.11. The van der Waals surface area contributed by atoms with Gasteiger partial charge in [0.25, 0.3) is 0 Å². The van der Waals surface area contributed by atoms with Gasteiger partial charge < -0.3 is 9.47 Å². The summed E-state index contributed by atoms with van der Waals surface area (Å²) in [5.74, 6) is 0. The number of anilines is 3. The van der Waals surface area contributed by atoms with Crippen LogP contribution in [0.2, 0.25) is 0 Å². The Morgan fingerprint density at radius 3 is 1.46 bits per heavy atom. The highest BCUT2D eigenvalue weighted by atomic mass is 15.1. The number of hydrogen-bond donors (Lipinski definition) is 0. The maximum atomic E-state index is 2.39. The van der Waals surface area contributed by atoms with E-state index >= 15 is 0 Å². The summed E-state index contributed by atoms with van der Waals surface area (Å²) in [6.45, 7) is 0. The van der Waals surface area contributed by atoms with E-state index in [2.05, 4.69) is 192 Å². The zero-order valence-corrected chi connectivity index (χ0v) is 25.2. The lowest BCUT2D eigenvalue weighted by molar-refractivity contribution is 1.13. The average Bonchev–Trinajstić information content (AvgIpc) is 3.47. The van der Waals surface area contributed by atoms with Crippen LogP contribution >= 0.6 is 0 Å². The van der Waals surface area contributed by atoms with Crippen molar-refractivity contribution >= 4 is 28.0 Å². The Morgan fingerprint density at radius 2 is 0.826 bits per heavy atom. The van der Waals surface area contributed by atoms with E-state index in [4.69, 9.17) is 0 Å². The van der Waals surface area contributed by atoms with Crippen LogP contribution in [0.15, 0.2) is 182 Å². The zero-order valence-electron chi connectivity index (χ0n) is 25.2. The van der Waals surface area contributed by atoms with Gasteiger partial charge in [0.05, 0.1) is 5.52 Å². The number of fused-ring (bicyclic) bond motifs is 5. The largest absolute Gasteiger partial charge is 0.316 e. The summed E-state index contributed by atoms with van der Waals surface area (Å²) >= 11 is 0. The number of rotatable bonds is 5. The number of nitrogens with zero attached hydrogens (tertiary/aromatic N) is 2. The highest BCUT2D eigenvalue weighted by molar-refractivity contribution is 6.15. The lowest BCUT2D eigenvalue weighted by atomic mass is 9.94. The molecule has 2 nitrogen and oxygen atoms in total. The molecule has 0 spiro atoms. The van der Waals surface area contributed by atoms with Gasteiger partial charge in [0.1, 0.15) is 0 Å². The fourth-order valence-electron chi connectivity index (χ4n) is 7.06. The molecule has 1 heterocycles. The van der Waals surface area contributed by atoms with E-state index in [1.54, 1.807) is 0 Å². The molecule has 0 fully saturated rings. The third-order valence-electron chi connectivity index (χ3n) is 9.15. The first-order chi connectivity index (χ1) is 22.8. The van der Waals surface area contributed by atoms with E-state index in [1.165, 1.54) is 55.4 Å². The Labute approximate surface area is 269 Å². The van der Waals surface area contributed by atoms with Gasteiger partial charge in [-0.2, -0.15) is 0 Å². The second-order valence-corrected chi connectivity index (χ2v) is 11.8. The van der Waals surface area contributed by atoms with E-state index in [0.29, 0.717) is 0 Å². The summed E-state index contributed by atoms with van der Waals surface area (Å²) in [5.41, 5.74) is 15.6. The van der Waals surface area contributed by atoms with Crippen molar-refractivity contribution < 1.29 is 0 Å². The summed E-state index contributed by atoms with van der Waals surface area (Å²) in [6.07, 6.45) is 2.33. The van der Waals surface area contributed by atoms with Gasteiger partial charge >= 0.3 is 0 Å². The molecule has 0 atom stereocenters. The fourth-order valence-corrected chi connectivity index (χ4v) is 7.06. The zero-order chi connectivity index (χ0) is 30.5. The second kappa shape index (κ2) is 10.8. The molecule has 8 aromatic rings. The molecule has 9 rings (SSSR count). The second-order valence-electron chi connectivity index (χ2n) is 11.8. The van der Waals surface area contributed by atoms with Gasteiger partial charge in [-0.05, 0) is 87.5 Å². The van der Waals surface area contributed by atoms with Crippen molar-refractivity contribution in [3.8, 4) is 50.2 Å². The standard InChI is InChI=1S/C44H30N2/c1-4-14-31(15-5-1)32-24-26-35(27-25-32)46(34-18-8-3-9-19-34)36-28-41-39-22-12-10-20-37(39)38-21-11-13-23-40(38)42-30-45(43(29-36)44(41)42)33-16-6-2-7-17-33/h1-30H. The monoisotopic (exact) mass is 586 g/mol. The Kier molecular flexibility index (Phi) is 6.17. The van der Waals surface area contributed by atoms with Crippen LogP contribution < -0.4 is 4.90 Å². The summed E-state index contributed by atoms with van der Waals surface area (Å²) < 4.78 is 2.37. The maximum absolute atomic E-state index is 2.39. The SMILES string of the molecule is c1ccc(-c2ccc(N(c3ccccc3)c3cc4c5c(cn(-c6ccccc6)c5c3)-c3ccccc3-c3ccccc3-4)cc2)cc1. The van der Waals surface area contributed by atoms with Crippen LogP contribution in [0, 0.1) is 0 Å². The molecule has 216 valence electrons. The molecular formula is C44H30N2. The molecule has 0 saturated heterocycles. The molecule has 1 aliphatic rings. The van der Waals surface area contributed by atoms with Crippen LogP contribution in [-0.2, 0) is 0 Å². The molecule has 0 radical (unpaired) electrons. The Balaban J connectivity index is 1.34. The quantitative estimate of drug-likeness (QED) is 0.195. The van der Waals surface area contributed by atoms with Gasteiger partial charge in [0.15, 0.2) is 0 Å².